The molecule has 2 heterocycles. The zero-order valence-electron chi connectivity index (χ0n) is 11.1. The fraction of sp³-hybridized carbons (Fsp3) is 0.692. The number of thiophene rings is 1. The Balaban J connectivity index is 1.96. The quantitative estimate of drug-likeness (QED) is 0.890. The molecule has 0 saturated carbocycles. The number of likely N-dealkylation sites (N-methyl/N-ethyl adjacent to an activating group) is 1. The third-order valence-electron chi connectivity index (χ3n) is 3.69. The second-order valence-electron chi connectivity index (χ2n) is 5.52. The summed E-state index contributed by atoms with van der Waals surface area (Å²) >= 11 is 1.85. The van der Waals surface area contributed by atoms with Gasteiger partial charge >= 0.3 is 0 Å². The van der Waals surface area contributed by atoms with Gasteiger partial charge in [-0.15, -0.1) is 11.3 Å². The molecular weight excluding hydrogens is 230 g/mol. The summed E-state index contributed by atoms with van der Waals surface area (Å²) in [6.07, 6.45) is 0. The molecule has 1 aliphatic heterocycles. The molecule has 2 rings (SSSR count). The summed E-state index contributed by atoms with van der Waals surface area (Å²) in [5.41, 5.74) is 5.93. The Kier molecular flexibility index (Phi) is 3.88. The van der Waals surface area contributed by atoms with E-state index in [0.29, 0.717) is 6.54 Å². The summed E-state index contributed by atoms with van der Waals surface area (Å²) in [6.45, 7) is 9.83. The number of hydrogen-bond donors (Lipinski definition) is 1. The zero-order valence-corrected chi connectivity index (χ0v) is 11.9. The average Bonchev–Trinajstić information content (AvgIpc) is 2.71. The second kappa shape index (κ2) is 5.06. The maximum Gasteiger partial charge on any atom is 0.0329 e. The maximum atomic E-state index is 5.65. The number of rotatable bonds is 3. The summed E-state index contributed by atoms with van der Waals surface area (Å²) in [7, 11) is 2.22. The molecule has 0 unspecified atom stereocenters. The smallest absolute Gasteiger partial charge is 0.0329 e. The number of nitrogens with two attached hydrogens (primary N) is 1. The fourth-order valence-corrected chi connectivity index (χ4v) is 3.25. The van der Waals surface area contributed by atoms with Crippen LogP contribution in [0.4, 0.5) is 0 Å². The van der Waals surface area contributed by atoms with E-state index in [4.69, 9.17) is 5.73 Å². The van der Waals surface area contributed by atoms with Crippen molar-refractivity contribution in [3.05, 3.63) is 21.9 Å². The van der Waals surface area contributed by atoms with Crippen molar-refractivity contribution >= 4 is 11.3 Å². The van der Waals surface area contributed by atoms with Crippen LogP contribution in [-0.4, -0.2) is 42.0 Å². The van der Waals surface area contributed by atoms with Crippen molar-refractivity contribution in [3.63, 3.8) is 0 Å². The summed E-state index contributed by atoms with van der Waals surface area (Å²) < 4.78 is 0. The van der Waals surface area contributed by atoms with E-state index < -0.39 is 0 Å². The first-order chi connectivity index (χ1) is 8.01. The van der Waals surface area contributed by atoms with Crippen LogP contribution in [0.3, 0.4) is 0 Å². The topological polar surface area (TPSA) is 32.5 Å². The third kappa shape index (κ3) is 3.07. The number of nitrogens with zero attached hydrogens (tertiary/aromatic N) is 2. The monoisotopic (exact) mass is 253 g/mol. The fourth-order valence-electron chi connectivity index (χ4n) is 2.31. The molecule has 1 aromatic heterocycles. The predicted molar refractivity (Wildman–Crippen MR) is 74.2 cm³/mol. The van der Waals surface area contributed by atoms with Crippen LogP contribution in [-0.2, 0) is 13.1 Å². The minimum atomic E-state index is 0.284. The van der Waals surface area contributed by atoms with Gasteiger partial charge in [0.1, 0.15) is 0 Å². The number of hydrogen-bond acceptors (Lipinski definition) is 4. The van der Waals surface area contributed by atoms with Gasteiger partial charge in [0.2, 0.25) is 0 Å². The molecule has 3 nitrogen and oxygen atoms in total. The molecule has 0 aromatic carbocycles. The predicted octanol–water partition coefficient (Wildman–Crippen LogP) is 1.73. The Hall–Kier alpha value is -0.420. The van der Waals surface area contributed by atoms with E-state index in [2.05, 4.69) is 42.8 Å². The molecule has 0 radical (unpaired) electrons. The van der Waals surface area contributed by atoms with Gasteiger partial charge < -0.3 is 5.73 Å². The van der Waals surface area contributed by atoms with Crippen LogP contribution in [0, 0.1) is 0 Å². The molecule has 17 heavy (non-hydrogen) atoms. The van der Waals surface area contributed by atoms with Crippen molar-refractivity contribution in [2.45, 2.75) is 32.5 Å². The highest BCUT2D eigenvalue weighted by Crippen LogP contribution is 2.23. The SMILES string of the molecule is CN1CCN(Cc2ccc(CN)s2)CC1(C)C. The lowest BCUT2D eigenvalue weighted by Crippen LogP contribution is -2.57. The van der Waals surface area contributed by atoms with Gasteiger partial charge in [-0.3, -0.25) is 9.80 Å². The Morgan fingerprint density at radius 1 is 1.29 bits per heavy atom. The molecule has 96 valence electrons. The minimum Gasteiger partial charge on any atom is -0.326 e. The molecule has 1 aromatic rings. The molecule has 0 bridgehead atoms. The molecular formula is C13H23N3S. The first-order valence-corrected chi connectivity index (χ1v) is 7.04. The first-order valence-electron chi connectivity index (χ1n) is 6.22. The summed E-state index contributed by atoms with van der Waals surface area (Å²) in [5.74, 6) is 0. The van der Waals surface area contributed by atoms with Crippen LogP contribution in [0.25, 0.3) is 0 Å². The van der Waals surface area contributed by atoms with Gasteiger partial charge in [0.05, 0.1) is 0 Å². The molecule has 4 heteroatoms. The van der Waals surface area contributed by atoms with Gasteiger partial charge in [-0.25, -0.2) is 0 Å². The van der Waals surface area contributed by atoms with E-state index in [1.165, 1.54) is 9.75 Å². The third-order valence-corrected chi connectivity index (χ3v) is 4.79. The van der Waals surface area contributed by atoms with Crippen LogP contribution < -0.4 is 5.73 Å². The highest BCUT2D eigenvalue weighted by atomic mass is 32.1. The largest absolute Gasteiger partial charge is 0.326 e. The van der Waals surface area contributed by atoms with Gasteiger partial charge in [0.15, 0.2) is 0 Å². The molecule has 0 spiro atoms. The lowest BCUT2D eigenvalue weighted by molar-refractivity contribution is 0.0365. The Morgan fingerprint density at radius 3 is 2.59 bits per heavy atom. The lowest BCUT2D eigenvalue weighted by atomic mass is 10.00. The van der Waals surface area contributed by atoms with E-state index >= 15 is 0 Å². The van der Waals surface area contributed by atoms with Crippen molar-refractivity contribution in [2.75, 3.05) is 26.7 Å². The lowest BCUT2D eigenvalue weighted by Gasteiger charge is -2.45. The molecule has 1 saturated heterocycles. The van der Waals surface area contributed by atoms with Crippen LogP contribution in [0.2, 0.25) is 0 Å². The maximum absolute atomic E-state index is 5.65. The van der Waals surface area contributed by atoms with Gasteiger partial charge in [-0.05, 0) is 33.0 Å². The Bertz CT molecular complexity index is 372. The molecule has 2 N–H and O–H groups in total. The van der Waals surface area contributed by atoms with Crippen LogP contribution in [0.1, 0.15) is 23.6 Å². The van der Waals surface area contributed by atoms with E-state index in [-0.39, 0.29) is 5.54 Å². The Labute approximate surface area is 108 Å². The highest BCUT2D eigenvalue weighted by Gasteiger charge is 2.30. The first kappa shape index (κ1) is 13.0. The van der Waals surface area contributed by atoms with Crippen LogP contribution in [0.15, 0.2) is 12.1 Å². The van der Waals surface area contributed by atoms with Gasteiger partial charge in [0.25, 0.3) is 0 Å². The van der Waals surface area contributed by atoms with Gasteiger partial charge in [-0.1, -0.05) is 0 Å². The molecule has 0 aliphatic carbocycles. The Morgan fingerprint density at radius 2 is 2.00 bits per heavy atom. The van der Waals surface area contributed by atoms with Crippen LogP contribution >= 0.6 is 11.3 Å². The summed E-state index contributed by atoms with van der Waals surface area (Å²) in [5, 5.41) is 0. The normalized spacial score (nSPS) is 21.9. The van der Waals surface area contributed by atoms with E-state index in [1.54, 1.807) is 0 Å². The van der Waals surface area contributed by atoms with E-state index in [1.807, 2.05) is 11.3 Å². The van der Waals surface area contributed by atoms with Gasteiger partial charge in [-0.2, -0.15) is 0 Å². The number of piperazine rings is 1. The standard InChI is InChI=1S/C13H23N3S/c1-13(2)10-16(7-6-15(13)3)9-12-5-4-11(8-14)17-12/h4-5H,6-10,14H2,1-3H3. The van der Waals surface area contributed by atoms with E-state index in [9.17, 15) is 0 Å². The van der Waals surface area contributed by atoms with Crippen LogP contribution in [0.5, 0.6) is 0 Å². The molecule has 1 fully saturated rings. The molecule has 0 amide bonds. The van der Waals surface area contributed by atoms with Crippen molar-refractivity contribution in [3.8, 4) is 0 Å². The zero-order chi connectivity index (χ0) is 12.5. The van der Waals surface area contributed by atoms with E-state index in [0.717, 1.165) is 26.2 Å². The van der Waals surface area contributed by atoms with Crippen molar-refractivity contribution in [1.29, 1.82) is 0 Å². The highest BCUT2D eigenvalue weighted by molar-refractivity contribution is 7.11. The minimum absolute atomic E-state index is 0.284. The summed E-state index contributed by atoms with van der Waals surface area (Å²) in [6, 6.07) is 4.37. The second-order valence-corrected chi connectivity index (χ2v) is 6.77. The molecule has 0 atom stereocenters. The summed E-state index contributed by atoms with van der Waals surface area (Å²) in [4.78, 5) is 7.72. The van der Waals surface area contributed by atoms with Gasteiger partial charge in [0, 0.05) is 48.0 Å². The van der Waals surface area contributed by atoms with Crippen molar-refractivity contribution in [1.82, 2.24) is 9.80 Å². The molecule has 1 aliphatic rings. The van der Waals surface area contributed by atoms with Crippen molar-refractivity contribution < 1.29 is 0 Å². The average molecular weight is 253 g/mol. The van der Waals surface area contributed by atoms with Crippen molar-refractivity contribution in [2.24, 2.45) is 5.73 Å².